The van der Waals surface area contributed by atoms with Gasteiger partial charge in [0.05, 0.1) is 12.5 Å². The molecule has 0 unspecified atom stereocenters. The first-order valence-corrected chi connectivity index (χ1v) is 7.41. The van der Waals surface area contributed by atoms with Crippen LogP contribution in [0.5, 0.6) is 0 Å². The summed E-state index contributed by atoms with van der Waals surface area (Å²) in [6.07, 6.45) is 1.33. The zero-order valence-corrected chi connectivity index (χ0v) is 12.4. The van der Waals surface area contributed by atoms with Gasteiger partial charge >= 0.3 is 5.97 Å². The van der Waals surface area contributed by atoms with Crippen LogP contribution >= 0.6 is 0 Å². The van der Waals surface area contributed by atoms with E-state index in [1.807, 2.05) is 60.7 Å². The summed E-state index contributed by atoms with van der Waals surface area (Å²) in [6.45, 7) is 0.723. The molecule has 0 bridgehead atoms. The van der Waals surface area contributed by atoms with E-state index in [2.05, 4.69) is 5.48 Å². The fraction of sp³-hybridized carbons (Fsp3) is 0.278. The Balaban J connectivity index is 1.71. The first-order chi connectivity index (χ1) is 10.8. The SMILES string of the molecule is O=C(O)[C@H](CCc1ccccc1)CNOCc1ccccc1. The van der Waals surface area contributed by atoms with Gasteiger partial charge in [-0.25, -0.2) is 5.48 Å². The monoisotopic (exact) mass is 299 g/mol. The molecule has 0 aliphatic heterocycles. The summed E-state index contributed by atoms with van der Waals surface area (Å²) in [5.74, 6) is -1.26. The number of aryl methyl sites for hydroxylation is 1. The highest BCUT2D eigenvalue weighted by Crippen LogP contribution is 2.10. The van der Waals surface area contributed by atoms with Crippen molar-refractivity contribution in [3.63, 3.8) is 0 Å². The first-order valence-electron chi connectivity index (χ1n) is 7.41. The maximum Gasteiger partial charge on any atom is 0.307 e. The van der Waals surface area contributed by atoms with Gasteiger partial charge in [0.1, 0.15) is 0 Å². The van der Waals surface area contributed by atoms with Gasteiger partial charge < -0.3 is 5.11 Å². The van der Waals surface area contributed by atoms with Crippen molar-refractivity contribution in [1.29, 1.82) is 0 Å². The second kappa shape index (κ2) is 8.97. The van der Waals surface area contributed by atoms with Crippen LogP contribution in [0.3, 0.4) is 0 Å². The Morgan fingerprint density at radius 1 is 1.00 bits per heavy atom. The summed E-state index contributed by atoms with van der Waals surface area (Å²) < 4.78 is 0. The number of hydrogen-bond acceptors (Lipinski definition) is 3. The standard InChI is InChI=1S/C18H21NO3/c20-18(21)17(12-11-15-7-3-1-4-8-15)13-19-22-14-16-9-5-2-6-10-16/h1-10,17,19H,11-14H2,(H,20,21)/t17-/m1/s1. The highest BCUT2D eigenvalue weighted by atomic mass is 16.6. The van der Waals surface area contributed by atoms with E-state index in [1.165, 1.54) is 0 Å². The Labute approximate surface area is 130 Å². The lowest BCUT2D eigenvalue weighted by atomic mass is 10.00. The average molecular weight is 299 g/mol. The minimum Gasteiger partial charge on any atom is -0.481 e. The predicted molar refractivity (Wildman–Crippen MR) is 85.1 cm³/mol. The molecule has 0 heterocycles. The summed E-state index contributed by atoms with van der Waals surface area (Å²) in [4.78, 5) is 16.6. The van der Waals surface area contributed by atoms with E-state index in [9.17, 15) is 9.90 Å². The molecule has 0 fully saturated rings. The second-order valence-electron chi connectivity index (χ2n) is 5.18. The third-order valence-electron chi connectivity index (χ3n) is 3.49. The highest BCUT2D eigenvalue weighted by molar-refractivity contribution is 5.70. The van der Waals surface area contributed by atoms with Gasteiger partial charge in [-0.15, -0.1) is 0 Å². The van der Waals surface area contributed by atoms with Crippen molar-refractivity contribution in [2.75, 3.05) is 6.54 Å². The first kappa shape index (κ1) is 16.2. The molecule has 0 amide bonds. The van der Waals surface area contributed by atoms with E-state index in [-0.39, 0.29) is 0 Å². The number of rotatable bonds is 9. The van der Waals surface area contributed by atoms with Crippen molar-refractivity contribution < 1.29 is 14.7 Å². The molecule has 0 aliphatic carbocycles. The van der Waals surface area contributed by atoms with E-state index in [1.54, 1.807) is 0 Å². The average Bonchev–Trinajstić information content (AvgIpc) is 2.55. The summed E-state index contributed by atoms with van der Waals surface area (Å²) in [5.41, 5.74) is 4.97. The molecule has 1 atom stereocenters. The van der Waals surface area contributed by atoms with Crippen LogP contribution in [0.2, 0.25) is 0 Å². The highest BCUT2D eigenvalue weighted by Gasteiger charge is 2.17. The predicted octanol–water partition coefficient (Wildman–Crippen LogP) is 3.04. The fourth-order valence-corrected chi connectivity index (χ4v) is 2.17. The Bertz CT molecular complexity index is 557. The van der Waals surface area contributed by atoms with Gasteiger partial charge in [0.15, 0.2) is 0 Å². The van der Waals surface area contributed by atoms with Crippen molar-refractivity contribution in [2.45, 2.75) is 19.4 Å². The van der Waals surface area contributed by atoms with Crippen LogP contribution in [-0.2, 0) is 22.7 Å². The quantitative estimate of drug-likeness (QED) is 0.552. The maximum absolute atomic E-state index is 11.3. The second-order valence-corrected chi connectivity index (χ2v) is 5.18. The molecule has 0 saturated heterocycles. The lowest BCUT2D eigenvalue weighted by Crippen LogP contribution is -2.29. The Morgan fingerprint density at radius 2 is 1.59 bits per heavy atom. The fourth-order valence-electron chi connectivity index (χ4n) is 2.17. The summed E-state index contributed by atoms with van der Waals surface area (Å²) in [7, 11) is 0. The van der Waals surface area contributed by atoms with Crippen LogP contribution in [0.4, 0.5) is 0 Å². The molecular formula is C18H21NO3. The van der Waals surface area contributed by atoms with Crippen LogP contribution in [-0.4, -0.2) is 17.6 Å². The molecular weight excluding hydrogens is 278 g/mol. The molecule has 22 heavy (non-hydrogen) atoms. The summed E-state index contributed by atoms with van der Waals surface area (Å²) in [6, 6.07) is 19.7. The Kier molecular flexibility index (Phi) is 6.61. The smallest absolute Gasteiger partial charge is 0.307 e. The third kappa shape index (κ3) is 5.68. The van der Waals surface area contributed by atoms with Gasteiger partial charge in [-0.05, 0) is 24.0 Å². The normalized spacial score (nSPS) is 12.0. The molecule has 0 spiro atoms. The van der Waals surface area contributed by atoms with Crippen LogP contribution in [0.25, 0.3) is 0 Å². The number of aliphatic carboxylic acids is 1. The molecule has 116 valence electrons. The number of carboxylic acids is 1. The van der Waals surface area contributed by atoms with Gasteiger partial charge in [-0.1, -0.05) is 60.7 Å². The lowest BCUT2D eigenvalue weighted by molar-refractivity contribution is -0.143. The van der Waals surface area contributed by atoms with Crippen LogP contribution in [0.15, 0.2) is 60.7 Å². The lowest BCUT2D eigenvalue weighted by Gasteiger charge is -2.13. The van der Waals surface area contributed by atoms with E-state index >= 15 is 0 Å². The minimum atomic E-state index is -0.799. The van der Waals surface area contributed by atoms with Crippen LogP contribution < -0.4 is 5.48 Å². The van der Waals surface area contributed by atoms with E-state index in [4.69, 9.17) is 4.84 Å². The van der Waals surface area contributed by atoms with Gasteiger partial charge in [-0.3, -0.25) is 9.63 Å². The molecule has 0 saturated carbocycles. The molecule has 2 rings (SSSR count). The molecule has 2 aromatic rings. The maximum atomic E-state index is 11.3. The molecule has 0 radical (unpaired) electrons. The molecule has 4 nitrogen and oxygen atoms in total. The molecule has 0 aromatic heterocycles. The van der Waals surface area contributed by atoms with E-state index in [0.717, 1.165) is 17.5 Å². The van der Waals surface area contributed by atoms with E-state index < -0.39 is 11.9 Å². The zero-order chi connectivity index (χ0) is 15.6. The topological polar surface area (TPSA) is 58.6 Å². The largest absolute Gasteiger partial charge is 0.481 e. The summed E-state index contributed by atoms with van der Waals surface area (Å²) >= 11 is 0. The number of carbonyl (C=O) groups is 1. The van der Waals surface area contributed by atoms with Crippen molar-refractivity contribution in [3.05, 3.63) is 71.8 Å². The van der Waals surface area contributed by atoms with E-state index in [0.29, 0.717) is 19.6 Å². The number of carboxylic acid groups (broad SMARTS) is 1. The summed E-state index contributed by atoms with van der Waals surface area (Å²) in [5, 5.41) is 9.27. The molecule has 2 N–H and O–H groups in total. The van der Waals surface area contributed by atoms with Gasteiger partial charge in [0, 0.05) is 6.54 Å². The Hall–Kier alpha value is -2.17. The van der Waals surface area contributed by atoms with Gasteiger partial charge in [0.2, 0.25) is 0 Å². The molecule has 0 aliphatic rings. The number of hydrogen-bond donors (Lipinski definition) is 2. The number of nitrogens with one attached hydrogen (secondary N) is 1. The van der Waals surface area contributed by atoms with Crippen molar-refractivity contribution in [2.24, 2.45) is 5.92 Å². The van der Waals surface area contributed by atoms with Gasteiger partial charge in [0.25, 0.3) is 0 Å². The molecule has 2 aromatic carbocycles. The minimum absolute atomic E-state index is 0.301. The third-order valence-corrected chi connectivity index (χ3v) is 3.49. The van der Waals surface area contributed by atoms with Crippen LogP contribution in [0.1, 0.15) is 17.5 Å². The number of hydroxylamine groups is 1. The molecule has 4 heteroatoms. The van der Waals surface area contributed by atoms with Crippen molar-refractivity contribution in [3.8, 4) is 0 Å². The zero-order valence-electron chi connectivity index (χ0n) is 12.4. The van der Waals surface area contributed by atoms with Crippen molar-refractivity contribution >= 4 is 5.97 Å². The van der Waals surface area contributed by atoms with Gasteiger partial charge in [-0.2, -0.15) is 0 Å². The van der Waals surface area contributed by atoms with Crippen LogP contribution in [0, 0.1) is 5.92 Å². The van der Waals surface area contributed by atoms with Crippen molar-refractivity contribution in [1.82, 2.24) is 5.48 Å². The number of benzene rings is 2. The Morgan fingerprint density at radius 3 is 2.18 bits per heavy atom.